The van der Waals surface area contributed by atoms with E-state index in [1.807, 2.05) is 0 Å². The first kappa shape index (κ1) is 15.1. The molecule has 1 unspecified atom stereocenters. The van der Waals surface area contributed by atoms with Crippen LogP contribution in [0, 0.1) is 0 Å². The number of ether oxygens (including phenoxy) is 1. The Hall–Kier alpha value is -1.99. The Labute approximate surface area is 110 Å². The molecule has 0 spiro atoms. The molecule has 0 aromatic carbocycles. The first-order chi connectivity index (χ1) is 9.04. The van der Waals surface area contributed by atoms with E-state index in [1.54, 1.807) is 0 Å². The van der Waals surface area contributed by atoms with Gasteiger partial charge in [0.05, 0.1) is 23.8 Å². The number of carbonyl (C=O) groups is 2. The van der Waals surface area contributed by atoms with Crippen LogP contribution in [-0.2, 0) is 16.1 Å². The fraction of sp³-hybridized carbons (Fsp3) is 0.417. The molecule has 0 aliphatic carbocycles. The molecule has 104 valence electrons. The molecule has 0 saturated carbocycles. The van der Waals surface area contributed by atoms with Crippen molar-refractivity contribution in [1.29, 1.82) is 0 Å². The third kappa shape index (κ3) is 5.02. The summed E-state index contributed by atoms with van der Waals surface area (Å²) in [5.41, 5.74) is 6.23. The number of aromatic carboxylic acids is 1. The second-order valence-corrected chi connectivity index (χ2v) is 3.95. The highest BCUT2D eigenvalue weighted by atomic mass is 16.5. The summed E-state index contributed by atoms with van der Waals surface area (Å²) in [7, 11) is 1.53. The van der Waals surface area contributed by atoms with Crippen LogP contribution in [0.3, 0.4) is 0 Å². The first-order valence-electron chi connectivity index (χ1n) is 5.75. The van der Waals surface area contributed by atoms with Crippen molar-refractivity contribution in [2.75, 3.05) is 13.7 Å². The van der Waals surface area contributed by atoms with Crippen LogP contribution in [0.2, 0.25) is 0 Å². The quantitative estimate of drug-likeness (QED) is 0.628. The van der Waals surface area contributed by atoms with E-state index in [2.05, 4.69) is 10.3 Å². The molecule has 0 aliphatic rings. The average Bonchev–Trinajstić information content (AvgIpc) is 2.42. The Morgan fingerprint density at radius 1 is 1.58 bits per heavy atom. The fourth-order valence-electron chi connectivity index (χ4n) is 1.39. The van der Waals surface area contributed by atoms with E-state index >= 15 is 0 Å². The van der Waals surface area contributed by atoms with Gasteiger partial charge < -0.3 is 20.9 Å². The van der Waals surface area contributed by atoms with Crippen LogP contribution >= 0.6 is 0 Å². The third-order valence-electron chi connectivity index (χ3n) is 2.48. The van der Waals surface area contributed by atoms with Gasteiger partial charge >= 0.3 is 5.97 Å². The van der Waals surface area contributed by atoms with Crippen molar-refractivity contribution >= 4 is 11.9 Å². The van der Waals surface area contributed by atoms with Crippen LogP contribution < -0.4 is 11.1 Å². The molecule has 1 aromatic rings. The van der Waals surface area contributed by atoms with Crippen molar-refractivity contribution in [2.45, 2.75) is 19.0 Å². The molecule has 0 aliphatic heterocycles. The van der Waals surface area contributed by atoms with Gasteiger partial charge in [-0.3, -0.25) is 9.78 Å². The number of hydrogen-bond donors (Lipinski definition) is 3. The summed E-state index contributed by atoms with van der Waals surface area (Å²) in [6, 6.07) is 2.14. The van der Waals surface area contributed by atoms with Gasteiger partial charge in [0.15, 0.2) is 0 Å². The van der Waals surface area contributed by atoms with E-state index in [0.29, 0.717) is 18.7 Å². The molecular formula is C12H17N3O4. The van der Waals surface area contributed by atoms with E-state index in [9.17, 15) is 9.59 Å². The van der Waals surface area contributed by atoms with Crippen molar-refractivity contribution in [3.63, 3.8) is 0 Å². The lowest BCUT2D eigenvalue weighted by Crippen LogP contribution is -2.41. The lowest BCUT2D eigenvalue weighted by atomic mass is 10.2. The predicted octanol–water partition coefficient (Wildman–Crippen LogP) is -0.240. The molecule has 4 N–H and O–H groups in total. The summed E-state index contributed by atoms with van der Waals surface area (Å²) >= 11 is 0. The van der Waals surface area contributed by atoms with Gasteiger partial charge in [0, 0.05) is 19.9 Å². The van der Waals surface area contributed by atoms with Gasteiger partial charge in [0.25, 0.3) is 0 Å². The number of rotatable bonds is 7. The maximum atomic E-state index is 11.6. The van der Waals surface area contributed by atoms with Crippen LogP contribution in [0.1, 0.15) is 22.5 Å². The van der Waals surface area contributed by atoms with Crippen molar-refractivity contribution in [2.24, 2.45) is 5.73 Å². The minimum atomic E-state index is -1.04. The Morgan fingerprint density at radius 3 is 2.95 bits per heavy atom. The van der Waals surface area contributed by atoms with Crippen LogP contribution in [0.15, 0.2) is 18.3 Å². The van der Waals surface area contributed by atoms with Gasteiger partial charge in [-0.05, 0) is 18.6 Å². The maximum absolute atomic E-state index is 11.6. The fourth-order valence-corrected chi connectivity index (χ4v) is 1.39. The molecule has 1 rings (SSSR count). The second kappa shape index (κ2) is 7.45. The van der Waals surface area contributed by atoms with Gasteiger partial charge in [0.1, 0.15) is 0 Å². The number of pyridine rings is 1. The summed E-state index contributed by atoms with van der Waals surface area (Å²) in [6.07, 6.45) is 1.81. The number of amides is 1. The molecule has 0 saturated heterocycles. The van der Waals surface area contributed by atoms with Gasteiger partial charge in [-0.2, -0.15) is 0 Å². The zero-order chi connectivity index (χ0) is 14.3. The third-order valence-corrected chi connectivity index (χ3v) is 2.48. The van der Waals surface area contributed by atoms with Gasteiger partial charge in [0.2, 0.25) is 5.91 Å². The van der Waals surface area contributed by atoms with Gasteiger partial charge in [-0.1, -0.05) is 0 Å². The molecule has 1 heterocycles. The predicted molar refractivity (Wildman–Crippen MR) is 67.5 cm³/mol. The van der Waals surface area contributed by atoms with Crippen LogP contribution in [-0.4, -0.2) is 41.7 Å². The highest BCUT2D eigenvalue weighted by Gasteiger charge is 2.13. The molecule has 7 heteroatoms. The molecule has 0 radical (unpaired) electrons. The number of nitrogens with two attached hydrogens (primary N) is 1. The molecule has 1 atom stereocenters. The monoisotopic (exact) mass is 267 g/mol. The van der Waals surface area contributed by atoms with Crippen molar-refractivity contribution in [3.8, 4) is 0 Å². The topological polar surface area (TPSA) is 115 Å². The molecule has 0 fully saturated rings. The van der Waals surface area contributed by atoms with Crippen LogP contribution in [0.4, 0.5) is 0 Å². The number of carbonyl (C=O) groups excluding carboxylic acids is 1. The van der Waals surface area contributed by atoms with Gasteiger partial charge in [-0.15, -0.1) is 0 Å². The highest BCUT2D eigenvalue weighted by Crippen LogP contribution is 2.01. The number of carboxylic acids is 1. The number of nitrogens with one attached hydrogen (secondary N) is 1. The van der Waals surface area contributed by atoms with E-state index in [0.717, 1.165) is 0 Å². The molecule has 1 aromatic heterocycles. The number of aromatic nitrogens is 1. The Balaban J connectivity index is 2.50. The van der Waals surface area contributed by atoms with Crippen molar-refractivity contribution < 1.29 is 19.4 Å². The zero-order valence-electron chi connectivity index (χ0n) is 10.6. The molecule has 1 amide bonds. The van der Waals surface area contributed by atoms with Crippen LogP contribution in [0.25, 0.3) is 0 Å². The average molecular weight is 267 g/mol. The largest absolute Gasteiger partial charge is 0.478 e. The molecule has 0 bridgehead atoms. The van der Waals surface area contributed by atoms with Gasteiger partial charge in [-0.25, -0.2) is 4.79 Å². The first-order valence-corrected chi connectivity index (χ1v) is 5.75. The number of methoxy groups -OCH3 is 1. The SMILES string of the molecule is COCCC(N)C(=O)NCc1cc(C(=O)O)ccn1. The summed E-state index contributed by atoms with van der Waals surface area (Å²) in [5.74, 6) is -1.36. The van der Waals surface area contributed by atoms with Crippen molar-refractivity contribution in [1.82, 2.24) is 10.3 Å². The minimum absolute atomic E-state index is 0.128. The summed E-state index contributed by atoms with van der Waals surface area (Å²) in [4.78, 5) is 26.3. The molecular weight excluding hydrogens is 250 g/mol. The number of hydrogen-bond acceptors (Lipinski definition) is 5. The van der Waals surface area contributed by atoms with Crippen LogP contribution in [0.5, 0.6) is 0 Å². The van der Waals surface area contributed by atoms with Crippen molar-refractivity contribution in [3.05, 3.63) is 29.6 Å². The number of nitrogens with zero attached hydrogens (tertiary/aromatic N) is 1. The van der Waals surface area contributed by atoms with E-state index in [-0.39, 0.29) is 18.0 Å². The second-order valence-electron chi connectivity index (χ2n) is 3.95. The lowest BCUT2D eigenvalue weighted by molar-refractivity contribution is -0.122. The highest BCUT2D eigenvalue weighted by molar-refractivity contribution is 5.87. The summed E-state index contributed by atoms with van der Waals surface area (Å²) in [6.45, 7) is 0.544. The Bertz CT molecular complexity index is 450. The lowest BCUT2D eigenvalue weighted by Gasteiger charge is -2.11. The summed E-state index contributed by atoms with van der Waals surface area (Å²) < 4.78 is 4.83. The molecule has 7 nitrogen and oxygen atoms in total. The smallest absolute Gasteiger partial charge is 0.335 e. The number of carboxylic acid groups (broad SMARTS) is 1. The zero-order valence-corrected chi connectivity index (χ0v) is 10.6. The summed E-state index contributed by atoms with van der Waals surface area (Å²) in [5, 5.41) is 11.4. The molecule has 19 heavy (non-hydrogen) atoms. The minimum Gasteiger partial charge on any atom is -0.478 e. The normalized spacial score (nSPS) is 11.9. The maximum Gasteiger partial charge on any atom is 0.335 e. The van der Waals surface area contributed by atoms with E-state index in [4.69, 9.17) is 15.6 Å². The van der Waals surface area contributed by atoms with E-state index < -0.39 is 12.0 Å². The standard InChI is InChI=1S/C12H17N3O4/c1-19-5-3-10(13)11(16)15-7-9-6-8(12(17)18)2-4-14-9/h2,4,6,10H,3,5,7,13H2,1H3,(H,15,16)(H,17,18). The Morgan fingerprint density at radius 2 is 2.32 bits per heavy atom. The van der Waals surface area contributed by atoms with E-state index in [1.165, 1.54) is 25.4 Å². The Kier molecular flexibility index (Phi) is 5.91.